The third-order valence-electron chi connectivity index (χ3n) is 10.1. The molecule has 2 amide bonds. The number of rotatable bonds is 6. The van der Waals surface area contributed by atoms with Gasteiger partial charge in [-0.15, -0.1) is 11.8 Å². The van der Waals surface area contributed by atoms with Crippen molar-refractivity contribution in [2.24, 2.45) is 29.6 Å². The lowest BCUT2D eigenvalue weighted by atomic mass is 9.68. The Bertz CT molecular complexity index is 1930. The summed E-state index contributed by atoms with van der Waals surface area (Å²) in [6.07, 6.45) is 0.723. The molecule has 2 aliphatic heterocycles. The minimum Gasteiger partial charge on any atom is -0.489 e. The zero-order valence-corrected chi connectivity index (χ0v) is 26.1. The lowest BCUT2D eigenvalue weighted by Crippen LogP contribution is -2.42. The van der Waals surface area contributed by atoms with Gasteiger partial charge in [-0.05, 0) is 61.8 Å². The van der Waals surface area contributed by atoms with Crippen LogP contribution in [0, 0.1) is 53.6 Å². The molecule has 3 heterocycles. The molecule has 4 aliphatic rings. The van der Waals surface area contributed by atoms with Gasteiger partial charge in [0.2, 0.25) is 11.8 Å². The number of nitro benzene ring substituents is 1. The Morgan fingerprint density at radius 3 is 2.29 bits per heavy atom. The average Bonchev–Trinajstić information content (AvgIpc) is 3.76. The number of benzene rings is 3. The molecule has 0 spiro atoms. The summed E-state index contributed by atoms with van der Waals surface area (Å²) in [6, 6.07) is 20.1. The molecule has 4 aromatic rings. The SMILES string of the molecule is Cc1ccc(COc2ccc([N+](=O)[O-])cc2[C@H]2c3sc(=O)[nH]c3SC3C4CC(C5C(=O)N(c6ccc(C)cc6)C(=O)C45)C32)cc1. The van der Waals surface area contributed by atoms with Gasteiger partial charge in [-0.3, -0.25) is 29.4 Å². The first-order valence-electron chi connectivity index (χ1n) is 15.0. The lowest BCUT2D eigenvalue weighted by molar-refractivity contribution is -0.385. The standard InChI is InChI=1S/C34H29N3O6S2/c1-16-3-7-18(8-4-16)15-43-24-12-11-20(37(41)42)13-21(24)25-26-22-14-23(29(26)44-31-30(25)45-34(40)35-31)28-27(22)32(38)36(33(28)39)19-9-5-17(2)6-10-19/h3-13,22-23,25-29H,14-15H2,1-2H3,(H,35,40)/t22?,23?,25-,26?,27?,28?,29?/m1/s1. The number of aromatic amines is 1. The van der Waals surface area contributed by atoms with Gasteiger partial charge in [-0.1, -0.05) is 58.9 Å². The summed E-state index contributed by atoms with van der Waals surface area (Å²) in [5.41, 5.74) is 4.30. The van der Waals surface area contributed by atoms with Crippen LogP contribution < -0.4 is 14.5 Å². The Hall–Kier alpha value is -4.22. The van der Waals surface area contributed by atoms with Crippen LogP contribution in [0.15, 0.2) is 76.6 Å². The number of ether oxygens (including phenoxy) is 1. The van der Waals surface area contributed by atoms with Crippen LogP contribution in [0.25, 0.3) is 0 Å². The lowest BCUT2D eigenvalue weighted by Gasteiger charge is -2.43. The number of anilines is 1. The first kappa shape index (κ1) is 28.3. The molecular weight excluding hydrogens is 611 g/mol. The zero-order valence-electron chi connectivity index (χ0n) is 24.5. The third-order valence-corrected chi connectivity index (χ3v) is 12.7. The van der Waals surface area contributed by atoms with Gasteiger partial charge in [-0.25, -0.2) is 0 Å². The number of aromatic nitrogens is 1. The quantitative estimate of drug-likeness (QED) is 0.151. The maximum Gasteiger partial charge on any atom is 0.305 e. The molecule has 2 saturated carbocycles. The van der Waals surface area contributed by atoms with E-state index >= 15 is 0 Å². The van der Waals surface area contributed by atoms with E-state index < -0.39 is 22.7 Å². The highest BCUT2D eigenvalue weighted by Gasteiger charge is 2.70. The second kappa shape index (κ2) is 10.4. The average molecular weight is 640 g/mol. The molecule has 9 nitrogen and oxygen atoms in total. The van der Waals surface area contributed by atoms with Crippen LogP contribution >= 0.6 is 23.1 Å². The summed E-state index contributed by atoms with van der Waals surface area (Å²) >= 11 is 2.70. The number of hydrogen-bond donors (Lipinski definition) is 1. The van der Waals surface area contributed by atoms with Crippen molar-refractivity contribution in [1.29, 1.82) is 0 Å². The molecule has 45 heavy (non-hydrogen) atoms. The number of thiazole rings is 1. The number of nitrogens with one attached hydrogen (secondary N) is 1. The van der Waals surface area contributed by atoms with Gasteiger partial charge in [0.1, 0.15) is 12.4 Å². The fraction of sp³-hybridized carbons (Fsp3) is 0.324. The summed E-state index contributed by atoms with van der Waals surface area (Å²) < 4.78 is 6.37. The first-order chi connectivity index (χ1) is 21.7. The maximum absolute atomic E-state index is 14.1. The number of carbonyl (C=O) groups excluding carboxylic acids is 2. The van der Waals surface area contributed by atoms with Crippen molar-refractivity contribution in [1.82, 2.24) is 4.98 Å². The second-order valence-electron chi connectivity index (χ2n) is 12.6. The number of nitrogens with zero attached hydrogens (tertiary/aromatic N) is 2. The van der Waals surface area contributed by atoms with Gasteiger partial charge in [-0.2, -0.15) is 0 Å². The van der Waals surface area contributed by atoms with Gasteiger partial charge in [0.05, 0.1) is 27.5 Å². The van der Waals surface area contributed by atoms with Crippen molar-refractivity contribution in [3.63, 3.8) is 0 Å². The number of thioether (sulfide) groups is 1. The Kier molecular flexibility index (Phi) is 6.54. The largest absolute Gasteiger partial charge is 0.489 e. The van der Waals surface area contributed by atoms with Crippen LogP contribution in [0.1, 0.15) is 39.5 Å². The van der Waals surface area contributed by atoms with Gasteiger partial charge < -0.3 is 9.72 Å². The molecule has 6 unspecified atom stereocenters. The summed E-state index contributed by atoms with van der Waals surface area (Å²) in [5.74, 6) is -1.41. The van der Waals surface area contributed by atoms with Crippen molar-refractivity contribution in [3.8, 4) is 5.75 Å². The number of non-ortho nitro benzene ring substituents is 1. The zero-order chi connectivity index (χ0) is 31.1. The van der Waals surface area contributed by atoms with Crippen LogP contribution in [0.4, 0.5) is 11.4 Å². The van der Waals surface area contributed by atoms with E-state index in [1.165, 1.54) is 11.0 Å². The summed E-state index contributed by atoms with van der Waals surface area (Å²) in [6.45, 7) is 4.25. The van der Waals surface area contributed by atoms with E-state index in [2.05, 4.69) is 4.98 Å². The Balaban J connectivity index is 1.22. The number of imide groups is 1. The number of H-pyrrole nitrogens is 1. The van der Waals surface area contributed by atoms with E-state index in [4.69, 9.17) is 4.74 Å². The second-order valence-corrected chi connectivity index (χ2v) is 14.8. The fourth-order valence-corrected chi connectivity index (χ4v) is 11.1. The van der Waals surface area contributed by atoms with Crippen LogP contribution in [0.2, 0.25) is 0 Å². The molecular formula is C34H29N3O6S2. The number of aryl methyl sites for hydroxylation is 2. The Morgan fingerprint density at radius 2 is 1.60 bits per heavy atom. The van der Waals surface area contributed by atoms with E-state index in [9.17, 15) is 24.5 Å². The van der Waals surface area contributed by atoms with Crippen molar-refractivity contribution >= 4 is 46.3 Å². The number of amides is 2. The van der Waals surface area contributed by atoms with E-state index in [-0.39, 0.29) is 52.0 Å². The molecule has 3 fully saturated rings. The summed E-state index contributed by atoms with van der Waals surface area (Å²) in [7, 11) is 0. The molecule has 1 aromatic heterocycles. The highest BCUT2D eigenvalue weighted by atomic mass is 32.2. The van der Waals surface area contributed by atoms with Crippen molar-refractivity contribution in [3.05, 3.63) is 114 Å². The monoisotopic (exact) mass is 639 g/mol. The maximum atomic E-state index is 14.1. The predicted octanol–water partition coefficient (Wildman–Crippen LogP) is 6.22. The third kappa shape index (κ3) is 4.39. The molecule has 2 bridgehead atoms. The van der Waals surface area contributed by atoms with E-state index in [1.54, 1.807) is 23.9 Å². The van der Waals surface area contributed by atoms with E-state index in [0.717, 1.165) is 44.4 Å². The number of carbonyl (C=O) groups is 2. The molecule has 8 rings (SSSR count). The molecule has 2 aliphatic carbocycles. The molecule has 1 saturated heterocycles. The van der Waals surface area contributed by atoms with E-state index in [1.807, 2.05) is 62.4 Å². The molecule has 228 valence electrons. The van der Waals surface area contributed by atoms with Crippen LogP contribution in [0.5, 0.6) is 5.75 Å². The summed E-state index contributed by atoms with van der Waals surface area (Å²) in [4.78, 5) is 57.3. The van der Waals surface area contributed by atoms with Crippen LogP contribution in [-0.2, 0) is 16.2 Å². The highest BCUT2D eigenvalue weighted by molar-refractivity contribution is 8.00. The van der Waals surface area contributed by atoms with Gasteiger partial charge in [0.25, 0.3) is 5.69 Å². The van der Waals surface area contributed by atoms with Gasteiger partial charge in [0.15, 0.2) is 0 Å². The fourth-order valence-electron chi connectivity index (χ4n) is 8.18. The van der Waals surface area contributed by atoms with Crippen LogP contribution in [0.3, 0.4) is 0 Å². The van der Waals surface area contributed by atoms with Crippen LogP contribution in [-0.4, -0.2) is 27.0 Å². The molecule has 7 atom stereocenters. The van der Waals surface area contributed by atoms with E-state index in [0.29, 0.717) is 17.0 Å². The number of hydrogen-bond acceptors (Lipinski definition) is 8. The smallest absolute Gasteiger partial charge is 0.305 e. The Morgan fingerprint density at radius 1 is 0.933 bits per heavy atom. The normalized spacial score (nSPS) is 27.8. The molecule has 11 heteroatoms. The van der Waals surface area contributed by atoms with Crippen molar-refractivity contribution in [2.45, 2.75) is 43.1 Å². The number of fused-ring (bicyclic) bond motifs is 9. The minimum absolute atomic E-state index is 0.0436. The van der Waals surface area contributed by atoms with Crippen molar-refractivity contribution < 1.29 is 19.2 Å². The van der Waals surface area contributed by atoms with Gasteiger partial charge in [0, 0.05) is 33.7 Å². The van der Waals surface area contributed by atoms with Crippen molar-refractivity contribution in [2.75, 3.05) is 4.90 Å². The molecule has 0 radical (unpaired) electrons. The molecule has 1 N–H and O–H groups in total. The molecule has 3 aromatic carbocycles. The van der Waals surface area contributed by atoms with Gasteiger partial charge >= 0.3 is 4.87 Å². The first-order valence-corrected chi connectivity index (χ1v) is 16.7. The highest BCUT2D eigenvalue weighted by Crippen LogP contribution is 2.69. The Labute approximate surface area is 266 Å². The summed E-state index contributed by atoms with van der Waals surface area (Å²) in [5, 5.41) is 12.7. The topological polar surface area (TPSA) is 123 Å². The number of nitro groups is 1. The predicted molar refractivity (Wildman–Crippen MR) is 171 cm³/mol. The minimum atomic E-state index is -0.471.